The lowest BCUT2D eigenvalue weighted by molar-refractivity contribution is -0.161. The second-order valence-electron chi connectivity index (χ2n) is 3.83. The minimum atomic E-state index is -0.865. The van der Waals surface area contributed by atoms with Gasteiger partial charge in [0.1, 0.15) is 0 Å². The molecule has 4 heteroatoms. The molecule has 0 aromatic carbocycles. The molecule has 1 fully saturated rings. The Bertz CT molecular complexity index is 249. The van der Waals surface area contributed by atoms with E-state index in [4.69, 9.17) is 10.00 Å². The van der Waals surface area contributed by atoms with E-state index in [0.717, 1.165) is 12.8 Å². The highest BCUT2D eigenvalue weighted by Crippen LogP contribution is 2.29. The Balaban J connectivity index is 2.80. The Morgan fingerprint density at radius 3 is 2.71 bits per heavy atom. The first-order chi connectivity index (χ1) is 6.62. The summed E-state index contributed by atoms with van der Waals surface area (Å²) in [4.78, 5) is 13.4. The monoisotopic (exact) mass is 196 g/mol. The highest BCUT2D eigenvalue weighted by Gasteiger charge is 2.41. The van der Waals surface area contributed by atoms with E-state index in [2.05, 4.69) is 0 Å². The van der Waals surface area contributed by atoms with Crippen LogP contribution < -0.4 is 0 Å². The number of rotatable bonds is 2. The van der Waals surface area contributed by atoms with Crippen LogP contribution in [-0.4, -0.2) is 37.1 Å². The molecule has 0 radical (unpaired) electrons. The normalized spacial score (nSPS) is 26.6. The summed E-state index contributed by atoms with van der Waals surface area (Å²) < 4.78 is 5.52. The van der Waals surface area contributed by atoms with Crippen LogP contribution >= 0.6 is 0 Å². The third-order valence-electron chi connectivity index (χ3n) is 2.51. The molecule has 78 valence electrons. The maximum atomic E-state index is 11.9. The first-order valence-corrected chi connectivity index (χ1v) is 4.85. The fraction of sp³-hybridized carbons (Fsp3) is 0.800. The lowest BCUT2D eigenvalue weighted by Gasteiger charge is -2.35. The van der Waals surface area contributed by atoms with E-state index in [1.54, 1.807) is 14.1 Å². The predicted molar refractivity (Wildman–Crippen MR) is 51.5 cm³/mol. The van der Waals surface area contributed by atoms with Crippen LogP contribution in [0.5, 0.6) is 0 Å². The summed E-state index contributed by atoms with van der Waals surface area (Å²) >= 11 is 0. The molecule has 1 aliphatic heterocycles. The van der Waals surface area contributed by atoms with Crippen molar-refractivity contribution in [3.63, 3.8) is 0 Å². The minimum absolute atomic E-state index is 0.0845. The van der Waals surface area contributed by atoms with E-state index in [1.165, 1.54) is 4.90 Å². The van der Waals surface area contributed by atoms with Gasteiger partial charge < -0.3 is 9.64 Å². The molecule has 0 spiro atoms. The van der Waals surface area contributed by atoms with Gasteiger partial charge in [-0.15, -0.1) is 0 Å². The number of likely N-dealkylation sites (N-methyl/N-ethyl adjacent to an activating group) is 1. The molecule has 14 heavy (non-hydrogen) atoms. The molecular weight excluding hydrogens is 180 g/mol. The largest absolute Gasteiger partial charge is 0.364 e. The van der Waals surface area contributed by atoms with E-state index >= 15 is 0 Å². The predicted octanol–water partition coefficient (Wildman–Crippen LogP) is 0.928. The van der Waals surface area contributed by atoms with Gasteiger partial charge in [-0.2, -0.15) is 5.26 Å². The fourth-order valence-electron chi connectivity index (χ4n) is 1.77. The molecule has 1 rings (SSSR count). The summed E-state index contributed by atoms with van der Waals surface area (Å²) in [6, 6.07) is 2.04. The summed E-state index contributed by atoms with van der Waals surface area (Å²) in [5, 5.41) is 8.71. The van der Waals surface area contributed by atoms with Gasteiger partial charge in [0.05, 0.1) is 12.5 Å². The van der Waals surface area contributed by atoms with Crippen molar-refractivity contribution in [1.29, 1.82) is 5.26 Å². The van der Waals surface area contributed by atoms with E-state index in [1.807, 2.05) is 6.07 Å². The van der Waals surface area contributed by atoms with Crippen molar-refractivity contribution in [2.45, 2.75) is 31.3 Å². The van der Waals surface area contributed by atoms with Crippen molar-refractivity contribution in [2.24, 2.45) is 0 Å². The zero-order chi connectivity index (χ0) is 10.6. The molecule has 0 aromatic rings. The first kappa shape index (κ1) is 11.0. The molecule has 0 bridgehead atoms. The van der Waals surface area contributed by atoms with Gasteiger partial charge in [-0.05, 0) is 19.3 Å². The zero-order valence-corrected chi connectivity index (χ0v) is 8.75. The quantitative estimate of drug-likeness (QED) is 0.660. The molecule has 1 unspecified atom stereocenters. The third kappa shape index (κ3) is 2.05. The topological polar surface area (TPSA) is 53.3 Å². The van der Waals surface area contributed by atoms with E-state index < -0.39 is 5.60 Å². The number of amides is 1. The second kappa shape index (κ2) is 4.43. The number of carbonyl (C=O) groups excluding carboxylic acids is 1. The van der Waals surface area contributed by atoms with Crippen molar-refractivity contribution in [3.05, 3.63) is 0 Å². The molecular formula is C10H16N2O2. The molecule has 0 N–H and O–H groups in total. The molecule has 0 aliphatic carbocycles. The van der Waals surface area contributed by atoms with E-state index in [-0.39, 0.29) is 12.3 Å². The number of ether oxygens (including phenoxy) is 1. The minimum Gasteiger partial charge on any atom is -0.364 e. The maximum absolute atomic E-state index is 11.9. The van der Waals surface area contributed by atoms with Crippen LogP contribution in [0, 0.1) is 11.3 Å². The molecule has 1 heterocycles. The van der Waals surface area contributed by atoms with Crippen molar-refractivity contribution in [1.82, 2.24) is 4.90 Å². The Labute approximate surface area is 84.4 Å². The molecule has 1 atom stereocenters. The van der Waals surface area contributed by atoms with E-state index in [0.29, 0.717) is 13.0 Å². The Morgan fingerprint density at radius 2 is 2.29 bits per heavy atom. The van der Waals surface area contributed by atoms with Crippen molar-refractivity contribution < 1.29 is 9.53 Å². The standard InChI is InChI=1S/C10H16N2O2/c1-12(2)9(13)10(6-7-11)5-3-4-8-14-10/h3-6,8H2,1-2H3. The summed E-state index contributed by atoms with van der Waals surface area (Å²) in [5.74, 6) is -0.0845. The van der Waals surface area contributed by atoms with Crippen LogP contribution in [0.1, 0.15) is 25.7 Å². The van der Waals surface area contributed by atoms with Gasteiger partial charge >= 0.3 is 0 Å². The van der Waals surface area contributed by atoms with Crippen molar-refractivity contribution >= 4 is 5.91 Å². The SMILES string of the molecule is CN(C)C(=O)C1(CC#N)CCCCO1. The van der Waals surface area contributed by atoms with Gasteiger partial charge in [0.25, 0.3) is 5.91 Å². The zero-order valence-electron chi connectivity index (χ0n) is 8.75. The average molecular weight is 196 g/mol. The van der Waals surface area contributed by atoms with Crippen LogP contribution in [0.4, 0.5) is 0 Å². The number of hydrogen-bond donors (Lipinski definition) is 0. The van der Waals surface area contributed by atoms with E-state index in [9.17, 15) is 4.79 Å². The highest BCUT2D eigenvalue weighted by atomic mass is 16.5. The number of carbonyl (C=O) groups is 1. The van der Waals surface area contributed by atoms with Gasteiger partial charge in [-0.3, -0.25) is 4.79 Å². The molecule has 4 nitrogen and oxygen atoms in total. The number of hydrogen-bond acceptors (Lipinski definition) is 3. The molecule has 1 aliphatic rings. The smallest absolute Gasteiger partial charge is 0.255 e. The molecule has 0 aromatic heterocycles. The summed E-state index contributed by atoms with van der Waals surface area (Å²) in [6.07, 6.45) is 2.76. The van der Waals surface area contributed by atoms with Gasteiger partial charge in [0, 0.05) is 20.7 Å². The first-order valence-electron chi connectivity index (χ1n) is 4.85. The van der Waals surface area contributed by atoms with Crippen LogP contribution in [0.2, 0.25) is 0 Å². The lowest BCUT2D eigenvalue weighted by atomic mass is 9.89. The molecule has 1 saturated heterocycles. The number of nitrogens with zero attached hydrogens (tertiary/aromatic N) is 2. The third-order valence-corrected chi connectivity index (χ3v) is 2.51. The fourth-order valence-corrected chi connectivity index (χ4v) is 1.77. The second-order valence-corrected chi connectivity index (χ2v) is 3.83. The Hall–Kier alpha value is -1.08. The number of nitriles is 1. The summed E-state index contributed by atoms with van der Waals surface area (Å²) in [5.41, 5.74) is -0.865. The summed E-state index contributed by atoms with van der Waals surface area (Å²) in [6.45, 7) is 0.585. The van der Waals surface area contributed by atoms with Crippen LogP contribution in [0.15, 0.2) is 0 Å². The maximum Gasteiger partial charge on any atom is 0.255 e. The van der Waals surface area contributed by atoms with Crippen LogP contribution in [0.3, 0.4) is 0 Å². The van der Waals surface area contributed by atoms with Crippen LogP contribution in [-0.2, 0) is 9.53 Å². The van der Waals surface area contributed by atoms with Crippen molar-refractivity contribution in [3.8, 4) is 6.07 Å². The Morgan fingerprint density at radius 1 is 1.57 bits per heavy atom. The average Bonchev–Trinajstić information content (AvgIpc) is 2.18. The molecule has 0 saturated carbocycles. The van der Waals surface area contributed by atoms with Crippen molar-refractivity contribution in [2.75, 3.05) is 20.7 Å². The van der Waals surface area contributed by atoms with Gasteiger partial charge in [0.15, 0.2) is 5.60 Å². The van der Waals surface area contributed by atoms with Gasteiger partial charge in [0.2, 0.25) is 0 Å². The highest BCUT2D eigenvalue weighted by molar-refractivity contribution is 5.85. The van der Waals surface area contributed by atoms with Gasteiger partial charge in [-0.25, -0.2) is 0 Å². The van der Waals surface area contributed by atoms with Crippen LogP contribution in [0.25, 0.3) is 0 Å². The summed E-state index contributed by atoms with van der Waals surface area (Å²) in [7, 11) is 3.39. The lowest BCUT2D eigenvalue weighted by Crippen LogP contribution is -2.50. The Kier molecular flexibility index (Phi) is 3.48. The molecule has 1 amide bonds. The van der Waals surface area contributed by atoms with Gasteiger partial charge in [-0.1, -0.05) is 0 Å².